The van der Waals surface area contributed by atoms with E-state index in [9.17, 15) is 9.18 Å². The smallest absolute Gasteiger partial charge is 0.328 e. The minimum Gasteiger partial charge on any atom is -0.478 e. The first kappa shape index (κ1) is 22.0. The summed E-state index contributed by atoms with van der Waals surface area (Å²) in [5.41, 5.74) is 7.09. The zero-order chi connectivity index (χ0) is 23.7. The maximum Gasteiger partial charge on any atom is 0.328 e. The maximum absolute atomic E-state index is 13.9. The van der Waals surface area contributed by atoms with Gasteiger partial charge in [-0.05, 0) is 82.5 Å². The predicted octanol–water partition coefficient (Wildman–Crippen LogP) is 6.61. The minimum atomic E-state index is -0.996. The van der Waals surface area contributed by atoms with Crippen LogP contribution in [-0.4, -0.2) is 26.5 Å². The molecule has 5 rings (SSSR count). The van der Waals surface area contributed by atoms with Crippen LogP contribution >= 0.6 is 11.6 Å². The van der Waals surface area contributed by atoms with Gasteiger partial charge in [-0.3, -0.25) is 0 Å². The number of carboxylic acids is 1. The lowest BCUT2D eigenvalue weighted by Gasteiger charge is -2.32. The van der Waals surface area contributed by atoms with E-state index in [2.05, 4.69) is 15.4 Å². The Morgan fingerprint density at radius 1 is 1.00 bits per heavy atom. The number of hydrogen-bond acceptors (Lipinski definition) is 3. The van der Waals surface area contributed by atoms with Crippen LogP contribution in [0, 0.1) is 11.7 Å². The molecule has 0 atom stereocenters. The van der Waals surface area contributed by atoms with E-state index < -0.39 is 5.97 Å². The van der Waals surface area contributed by atoms with E-state index in [0.29, 0.717) is 5.02 Å². The zero-order valence-electron chi connectivity index (χ0n) is 18.1. The Kier molecular flexibility index (Phi) is 5.99. The van der Waals surface area contributed by atoms with Crippen LogP contribution < -0.4 is 0 Å². The normalized spacial score (nSPS) is 14.9. The third kappa shape index (κ3) is 4.37. The molecular formula is C27H21ClFN3O2. The van der Waals surface area contributed by atoms with Crippen molar-refractivity contribution in [3.05, 3.63) is 99.8 Å². The lowest BCUT2D eigenvalue weighted by molar-refractivity contribution is -0.131. The molecule has 0 unspecified atom stereocenters. The lowest BCUT2D eigenvalue weighted by Crippen LogP contribution is -2.15. The highest BCUT2D eigenvalue weighted by Gasteiger charge is 2.28. The number of benzene rings is 3. The first-order valence-electron chi connectivity index (χ1n) is 11.0. The number of nitrogens with one attached hydrogen (secondary N) is 1. The van der Waals surface area contributed by atoms with Crippen LogP contribution in [0.5, 0.6) is 0 Å². The molecule has 1 fully saturated rings. The topological polar surface area (TPSA) is 78.9 Å². The Morgan fingerprint density at radius 2 is 1.74 bits per heavy atom. The van der Waals surface area contributed by atoms with Gasteiger partial charge in [-0.15, -0.1) is 0 Å². The first-order chi connectivity index (χ1) is 16.5. The molecule has 1 saturated carbocycles. The summed E-state index contributed by atoms with van der Waals surface area (Å²) in [7, 11) is 0. The van der Waals surface area contributed by atoms with Gasteiger partial charge >= 0.3 is 5.97 Å². The van der Waals surface area contributed by atoms with Crippen LogP contribution in [0.2, 0.25) is 5.02 Å². The highest BCUT2D eigenvalue weighted by atomic mass is 35.5. The average Bonchev–Trinajstić information content (AvgIpc) is 3.25. The van der Waals surface area contributed by atoms with E-state index >= 15 is 0 Å². The molecule has 4 aromatic rings. The summed E-state index contributed by atoms with van der Waals surface area (Å²) in [6.07, 6.45) is 5.85. The van der Waals surface area contributed by atoms with Crippen molar-refractivity contribution in [2.45, 2.75) is 19.3 Å². The third-order valence-corrected chi connectivity index (χ3v) is 6.54. The van der Waals surface area contributed by atoms with Gasteiger partial charge in [0.05, 0.1) is 5.02 Å². The lowest BCUT2D eigenvalue weighted by atomic mass is 9.73. The molecule has 1 heterocycles. The van der Waals surface area contributed by atoms with Gasteiger partial charge in [-0.2, -0.15) is 15.4 Å². The van der Waals surface area contributed by atoms with Crippen LogP contribution in [0.4, 0.5) is 4.39 Å². The fourth-order valence-corrected chi connectivity index (χ4v) is 4.63. The number of halogens is 2. The molecule has 170 valence electrons. The van der Waals surface area contributed by atoms with Gasteiger partial charge in [0.2, 0.25) is 0 Å². The molecule has 0 radical (unpaired) electrons. The number of aromatic amines is 1. The van der Waals surface area contributed by atoms with Crippen LogP contribution in [0.25, 0.3) is 28.3 Å². The Hall–Kier alpha value is -3.77. The summed E-state index contributed by atoms with van der Waals surface area (Å²) >= 11 is 6.58. The van der Waals surface area contributed by atoms with Crippen molar-refractivity contribution in [1.82, 2.24) is 15.4 Å². The summed E-state index contributed by atoms with van der Waals surface area (Å²) < 4.78 is 13.9. The Morgan fingerprint density at radius 3 is 2.41 bits per heavy atom. The summed E-state index contributed by atoms with van der Waals surface area (Å²) in [6, 6.07) is 18.2. The number of nitrogens with zero attached hydrogens (tertiary/aromatic N) is 2. The van der Waals surface area contributed by atoms with Gasteiger partial charge in [0.25, 0.3) is 0 Å². The van der Waals surface area contributed by atoms with Crippen molar-refractivity contribution in [3.63, 3.8) is 0 Å². The second kappa shape index (κ2) is 9.23. The molecule has 3 aromatic carbocycles. The Bertz CT molecular complexity index is 1440. The maximum atomic E-state index is 13.9. The van der Waals surface area contributed by atoms with E-state index in [1.165, 1.54) is 12.1 Å². The van der Waals surface area contributed by atoms with Crippen LogP contribution in [0.1, 0.15) is 41.5 Å². The van der Waals surface area contributed by atoms with Crippen molar-refractivity contribution in [3.8, 4) is 0 Å². The SMILES string of the molecule is O=C(O)/C=C/c1ccc(/C(=C(\c2ccc(F)cc2Cl)C2CCC2)c2ccc3n[nH]nc3c2)cc1. The summed E-state index contributed by atoms with van der Waals surface area (Å²) in [6.45, 7) is 0. The molecule has 0 spiro atoms. The van der Waals surface area contributed by atoms with Gasteiger partial charge in [0, 0.05) is 6.08 Å². The molecule has 34 heavy (non-hydrogen) atoms. The number of fused-ring (bicyclic) bond motifs is 1. The summed E-state index contributed by atoms with van der Waals surface area (Å²) in [5.74, 6) is -1.08. The standard InChI is InChI=1S/C27H21ClFN3O2/c28-22-15-20(29)10-11-21(22)27(17-2-1-3-17)26(19-9-12-23-24(14-19)31-32-30-23)18-7-4-16(5-8-18)6-13-25(33)34/h4-15,17H,1-3H2,(H,33,34)(H,30,31,32)/b13-6+,27-26+. The highest BCUT2D eigenvalue weighted by molar-refractivity contribution is 6.32. The molecule has 0 aliphatic heterocycles. The molecule has 2 N–H and O–H groups in total. The summed E-state index contributed by atoms with van der Waals surface area (Å²) in [5, 5.41) is 20.4. The van der Waals surface area contributed by atoms with Gasteiger partial charge in [-0.25, -0.2) is 9.18 Å². The minimum absolute atomic E-state index is 0.289. The predicted molar refractivity (Wildman–Crippen MR) is 132 cm³/mol. The average molecular weight is 474 g/mol. The molecular weight excluding hydrogens is 453 g/mol. The molecule has 0 bridgehead atoms. The highest BCUT2D eigenvalue weighted by Crippen LogP contribution is 2.47. The fraction of sp³-hybridized carbons (Fsp3) is 0.148. The number of allylic oxidation sites excluding steroid dienone is 1. The Balaban J connectivity index is 1.75. The van der Waals surface area contributed by atoms with E-state index in [4.69, 9.17) is 16.7 Å². The van der Waals surface area contributed by atoms with Crippen molar-refractivity contribution < 1.29 is 14.3 Å². The number of carboxylic acid groups (broad SMARTS) is 1. The largest absolute Gasteiger partial charge is 0.478 e. The Labute approximate surface area is 200 Å². The van der Waals surface area contributed by atoms with Gasteiger partial charge in [0.15, 0.2) is 0 Å². The van der Waals surface area contributed by atoms with Crippen LogP contribution in [0.3, 0.4) is 0 Å². The van der Waals surface area contributed by atoms with E-state index in [0.717, 1.165) is 69.8 Å². The van der Waals surface area contributed by atoms with Gasteiger partial charge in [-0.1, -0.05) is 54.4 Å². The molecule has 1 aromatic heterocycles. The number of carbonyl (C=O) groups is 1. The summed E-state index contributed by atoms with van der Waals surface area (Å²) in [4.78, 5) is 10.9. The van der Waals surface area contributed by atoms with Crippen LogP contribution in [-0.2, 0) is 4.79 Å². The monoisotopic (exact) mass is 473 g/mol. The second-order valence-corrected chi connectivity index (χ2v) is 8.77. The van der Waals surface area contributed by atoms with E-state index in [1.54, 1.807) is 12.1 Å². The fourth-order valence-electron chi connectivity index (χ4n) is 4.37. The van der Waals surface area contributed by atoms with E-state index in [-0.39, 0.29) is 11.7 Å². The number of hydrogen-bond donors (Lipinski definition) is 2. The number of aliphatic carboxylic acids is 1. The number of H-pyrrole nitrogens is 1. The quantitative estimate of drug-likeness (QED) is 0.244. The molecule has 0 saturated heterocycles. The molecule has 7 heteroatoms. The van der Waals surface area contributed by atoms with Crippen molar-refractivity contribution in [2.24, 2.45) is 5.92 Å². The number of rotatable bonds is 6. The molecule has 0 amide bonds. The van der Waals surface area contributed by atoms with Crippen molar-refractivity contribution >= 4 is 45.8 Å². The van der Waals surface area contributed by atoms with Crippen LogP contribution in [0.15, 0.2) is 66.7 Å². The molecule has 5 nitrogen and oxygen atoms in total. The van der Waals surface area contributed by atoms with Crippen molar-refractivity contribution in [2.75, 3.05) is 0 Å². The van der Waals surface area contributed by atoms with Crippen molar-refractivity contribution in [1.29, 1.82) is 0 Å². The van der Waals surface area contributed by atoms with E-state index in [1.807, 2.05) is 42.5 Å². The first-order valence-corrected chi connectivity index (χ1v) is 11.4. The van der Waals surface area contributed by atoms with Gasteiger partial charge in [0.1, 0.15) is 16.9 Å². The molecule has 1 aliphatic rings. The number of aromatic nitrogens is 3. The zero-order valence-corrected chi connectivity index (χ0v) is 18.9. The molecule has 1 aliphatic carbocycles. The second-order valence-electron chi connectivity index (χ2n) is 8.36. The third-order valence-electron chi connectivity index (χ3n) is 6.23. The van der Waals surface area contributed by atoms with Gasteiger partial charge < -0.3 is 5.11 Å².